The second-order valence-corrected chi connectivity index (χ2v) is 9.15. The lowest BCUT2D eigenvalue weighted by atomic mass is 10.0. The van der Waals surface area contributed by atoms with E-state index in [4.69, 9.17) is 0 Å². The fourth-order valence-corrected chi connectivity index (χ4v) is 4.42. The van der Waals surface area contributed by atoms with Gasteiger partial charge in [-0.3, -0.25) is 14.7 Å². The molecule has 1 aromatic heterocycles. The molecule has 0 spiro atoms. The first-order valence-corrected chi connectivity index (χ1v) is 12.4. The average molecular weight is 498 g/mol. The minimum Gasteiger partial charge on any atom is -0.322 e. The van der Waals surface area contributed by atoms with Gasteiger partial charge in [0.15, 0.2) is 5.78 Å². The maximum absolute atomic E-state index is 13.3. The molecule has 0 atom stereocenters. The molecule has 0 radical (unpaired) electrons. The van der Waals surface area contributed by atoms with Crippen molar-refractivity contribution in [2.75, 3.05) is 5.32 Å². The molecule has 1 heterocycles. The van der Waals surface area contributed by atoms with E-state index in [2.05, 4.69) is 15.5 Å². The Morgan fingerprint density at radius 1 is 0.816 bits per heavy atom. The monoisotopic (exact) mass is 497 g/mol. The summed E-state index contributed by atoms with van der Waals surface area (Å²) < 4.78 is 0. The number of fused-ring (bicyclic) bond motifs is 1. The molecule has 0 saturated carbocycles. The summed E-state index contributed by atoms with van der Waals surface area (Å²) in [5.74, 6) is -0.379. The van der Waals surface area contributed by atoms with Gasteiger partial charge < -0.3 is 5.32 Å². The highest BCUT2D eigenvalue weighted by atomic mass is 16.1. The number of anilines is 1. The first-order valence-electron chi connectivity index (χ1n) is 12.4. The van der Waals surface area contributed by atoms with E-state index >= 15 is 0 Å². The summed E-state index contributed by atoms with van der Waals surface area (Å²) in [6, 6.07) is 30.5. The number of allylic oxidation sites excluding steroid dienone is 1. The number of ketones is 1. The normalized spacial score (nSPS) is 11.7. The van der Waals surface area contributed by atoms with Crippen LogP contribution >= 0.6 is 0 Å². The van der Waals surface area contributed by atoms with Crippen molar-refractivity contribution in [1.29, 1.82) is 0 Å². The van der Waals surface area contributed by atoms with Crippen molar-refractivity contribution in [2.45, 2.75) is 13.8 Å². The number of aromatic amines is 1. The maximum atomic E-state index is 13.3. The summed E-state index contributed by atoms with van der Waals surface area (Å²) in [5, 5.41) is 11.2. The van der Waals surface area contributed by atoms with Crippen LogP contribution in [0.4, 0.5) is 5.69 Å². The van der Waals surface area contributed by atoms with Crippen LogP contribution in [0.1, 0.15) is 45.2 Å². The maximum Gasteiger partial charge on any atom is 0.248 e. The zero-order valence-corrected chi connectivity index (χ0v) is 21.2. The van der Waals surface area contributed by atoms with Crippen molar-refractivity contribution < 1.29 is 9.59 Å². The molecule has 1 amide bonds. The summed E-state index contributed by atoms with van der Waals surface area (Å²) in [6.45, 7) is 3.93. The number of amides is 1. The van der Waals surface area contributed by atoms with Crippen molar-refractivity contribution in [3.8, 4) is 0 Å². The molecule has 0 saturated heterocycles. The Kier molecular flexibility index (Phi) is 7.09. The number of carbonyl (C=O) groups is 2. The van der Waals surface area contributed by atoms with Gasteiger partial charge in [0, 0.05) is 28.3 Å². The molecular formula is C33H27N3O2. The van der Waals surface area contributed by atoms with E-state index in [9.17, 15) is 9.59 Å². The number of rotatable bonds is 7. The van der Waals surface area contributed by atoms with Gasteiger partial charge in [-0.15, -0.1) is 0 Å². The molecule has 0 aliphatic carbocycles. The van der Waals surface area contributed by atoms with Crippen LogP contribution in [0.3, 0.4) is 0 Å². The largest absolute Gasteiger partial charge is 0.322 e. The Bertz CT molecular complexity index is 1690. The molecule has 0 bridgehead atoms. The highest BCUT2D eigenvalue weighted by Gasteiger charge is 2.13. The second-order valence-electron chi connectivity index (χ2n) is 9.15. The number of hydrogen-bond acceptors (Lipinski definition) is 3. The molecule has 0 fully saturated rings. The quantitative estimate of drug-likeness (QED) is 0.183. The van der Waals surface area contributed by atoms with Gasteiger partial charge in [-0.1, -0.05) is 78.9 Å². The van der Waals surface area contributed by atoms with Crippen LogP contribution in [-0.4, -0.2) is 21.9 Å². The number of hydrogen-bond donors (Lipinski definition) is 2. The molecule has 5 rings (SSSR count). The minimum absolute atomic E-state index is 0.134. The van der Waals surface area contributed by atoms with Crippen LogP contribution < -0.4 is 5.32 Å². The molecular weight excluding hydrogens is 470 g/mol. The molecule has 0 aliphatic heterocycles. The third-order valence-corrected chi connectivity index (χ3v) is 6.40. The van der Waals surface area contributed by atoms with E-state index in [1.165, 1.54) is 0 Å². The Hall–Kier alpha value is -5.03. The van der Waals surface area contributed by atoms with Crippen molar-refractivity contribution in [3.05, 3.63) is 137 Å². The van der Waals surface area contributed by atoms with Crippen LogP contribution in [0, 0.1) is 6.92 Å². The van der Waals surface area contributed by atoms with E-state index in [1.54, 1.807) is 36.4 Å². The summed E-state index contributed by atoms with van der Waals surface area (Å²) in [6.07, 6.45) is 5.54. The van der Waals surface area contributed by atoms with Crippen molar-refractivity contribution in [2.24, 2.45) is 0 Å². The van der Waals surface area contributed by atoms with Gasteiger partial charge in [-0.25, -0.2) is 0 Å². The predicted octanol–water partition coefficient (Wildman–Crippen LogP) is 7.31. The number of nitrogens with zero attached hydrogens (tertiary/aromatic N) is 1. The average Bonchev–Trinajstić information content (AvgIpc) is 3.34. The molecule has 0 unspecified atom stereocenters. The SMILES string of the molecule is C/C(=C\C(=O)Nc1cccc(C(=O)c2ccc3c(/C=C/c4ccccc4)n[nH]c3c2)c1)c1ccccc1C. The lowest BCUT2D eigenvalue weighted by Gasteiger charge is -2.08. The Balaban J connectivity index is 1.32. The molecule has 5 aromatic rings. The highest BCUT2D eigenvalue weighted by molar-refractivity contribution is 6.12. The summed E-state index contributed by atoms with van der Waals surface area (Å²) >= 11 is 0. The lowest BCUT2D eigenvalue weighted by Crippen LogP contribution is -2.10. The van der Waals surface area contributed by atoms with Crippen LogP contribution in [0.15, 0.2) is 103 Å². The summed E-state index contributed by atoms with van der Waals surface area (Å²) in [5.41, 5.74) is 7.28. The van der Waals surface area contributed by atoms with Crippen LogP contribution in [-0.2, 0) is 4.79 Å². The number of aryl methyl sites for hydroxylation is 1. The van der Waals surface area contributed by atoms with E-state index in [1.807, 2.05) is 92.7 Å². The molecule has 2 N–H and O–H groups in total. The number of carbonyl (C=O) groups excluding carboxylic acids is 2. The smallest absolute Gasteiger partial charge is 0.248 e. The third kappa shape index (κ3) is 5.52. The van der Waals surface area contributed by atoms with Gasteiger partial charge in [0.2, 0.25) is 5.91 Å². The highest BCUT2D eigenvalue weighted by Crippen LogP contribution is 2.23. The first-order chi connectivity index (χ1) is 18.5. The molecule has 5 nitrogen and oxygen atoms in total. The van der Waals surface area contributed by atoms with Gasteiger partial charge in [0.25, 0.3) is 0 Å². The van der Waals surface area contributed by atoms with Crippen molar-refractivity contribution in [1.82, 2.24) is 10.2 Å². The van der Waals surface area contributed by atoms with Gasteiger partial charge in [-0.05, 0) is 66.5 Å². The molecule has 38 heavy (non-hydrogen) atoms. The number of aromatic nitrogens is 2. The topological polar surface area (TPSA) is 74.8 Å². The zero-order valence-electron chi connectivity index (χ0n) is 21.2. The van der Waals surface area contributed by atoms with E-state index < -0.39 is 0 Å². The lowest BCUT2D eigenvalue weighted by molar-refractivity contribution is -0.111. The van der Waals surface area contributed by atoms with Gasteiger partial charge in [0.05, 0.1) is 11.2 Å². The number of H-pyrrole nitrogens is 1. The number of benzene rings is 4. The van der Waals surface area contributed by atoms with Crippen molar-refractivity contribution >= 4 is 46.0 Å². The third-order valence-electron chi connectivity index (χ3n) is 6.40. The molecule has 0 aliphatic rings. The zero-order chi connectivity index (χ0) is 26.5. The fraction of sp³-hybridized carbons (Fsp3) is 0.0606. The predicted molar refractivity (Wildman–Crippen MR) is 155 cm³/mol. The second kappa shape index (κ2) is 10.9. The summed E-state index contributed by atoms with van der Waals surface area (Å²) in [4.78, 5) is 25.9. The summed E-state index contributed by atoms with van der Waals surface area (Å²) in [7, 11) is 0. The van der Waals surface area contributed by atoms with Crippen molar-refractivity contribution in [3.63, 3.8) is 0 Å². The minimum atomic E-state index is -0.245. The molecule has 186 valence electrons. The van der Waals surface area contributed by atoms with Gasteiger partial charge in [0.1, 0.15) is 0 Å². The van der Waals surface area contributed by atoms with Crippen LogP contribution in [0.5, 0.6) is 0 Å². The van der Waals surface area contributed by atoms with Crippen LogP contribution in [0.25, 0.3) is 28.6 Å². The Labute approximate surface area is 221 Å². The van der Waals surface area contributed by atoms with E-state index in [0.717, 1.165) is 38.9 Å². The Morgan fingerprint density at radius 3 is 2.39 bits per heavy atom. The van der Waals surface area contributed by atoms with Crippen LogP contribution in [0.2, 0.25) is 0 Å². The first kappa shape index (κ1) is 24.7. The van der Waals surface area contributed by atoms with Gasteiger partial charge in [-0.2, -0.15) is 5.10 Å². The fourth-order valence-electron chi connectivity index (χ4n) is 4.42. The standard InChI is InChI=1S/C33H27N3O2/c1-22-9-6-7-14-28(22)23(2)19-32(37)34-27-13-8-12-25(20-27)33(38)26-16-17-29-30(35-36-31(29)21-26)18-15-24-10-4-3-5-11-24/h3-21H,1-2H3,(H,34,37)(H,35,36)/b18-15+,23-19+. The molecule has 4 aromatic carbocycles. The molecule has 5 heteroatoms. The van der Waals surface area contributed by atoms with Gasteiger partial charge >= 0.3 is 0 Å². The van der Waals surface area contributed by atoms with E-state index in [-0.39, 0.29) is 11.7 Å². The number of nitrogens with one attached hydrogen (secondary N) is 2. The van der Waals surface area contributed by atoms with E-state index in [0.29, 0.717) is 16.8 Å². The Morgan fingerprint density at radius 2 is 1.58 bits per heavy atom.